The molecule has 2 aliphatic rings. The van der Waals surface area contributed by atoms with Gasteiger partial charge < -0.3 is 10.5 Å². The number of rotatable bonds is 1. The highest BCUT2D eigenvalue weighted by Gasteiger charge is 2.32. The summed E-state index contributed by atoms with van der Waals surface area (Å²) in [5, 5.41) is 0. The molecule has 2 rings (SSSR count). The fourth-order valence-electron chi connectivity index (χ4n) is 2.35. The number of hydrogen-bond acceptors (Lipinski definition) is 3. The molecule has 2 saturated heterocycles. The van der Waals surface area contributed by atoms with Crippen molar-refractivity contribution in [3.63, 3.8) is 0 Å². The Morgan fingerprint density at radius 1 is 1.21 bits per heavy atom. The topological polar surface area (TPSA) is 38.5 Å². The number of halogens is 1. The van der Waals surface area contributed by atoms with Crippen LogP contribution in [0.25, 0.3) is 0 Å². The van der Waals surface area contributed by atoms with Crippen molar-refractivity contribution in [1.29, 1.82) is 0 Å². The van der Waals surface area contributed by atoms with Crippen LogP contribution in [0, 0.1) is 0 Å². The third kappa shape index (κ3) is 2.24. The third-order valence-electron chi connectivity index (χ3n) is 3.30. The molecular weight excluding hydrogens is 183 g/mol. The molecule has 0 saturated carbocycles. The summed E-state index contributed by atoms with van der Waals surface area (Å²) in [6.07, 6.45) is 2.03. The van der Waals surface area contributed by atoms with Crippen molar-refractivity contribution in [3.05, 3.63) is 0 Å². The minimum Gasteiger partial charge on any atom is -0.378 e. The van der Waals surface area contributed by atoms with Gasteiger partial charge >= 0.3 is 0 Å². The zero-order valence-electron chi connectivity index (χ0n) is 8.49. The predicted octanol–water partition coefficient (Wildman–Crippen LogP) is 0.536. The molecule has 0 aromatic rings. The molecule has 0 unspecified atom stereocenters. The normalized spacial score (nSPS) is 37.3. The maximum Gasteiger partial charge on any atom is 0.139 e. The molecule has 0 aromatic heterocycles. The van der Waals surface area contributed by atoms with Crippen molar-refractivity contribution in [2.75, 3.05) is 26.3 Å². The first-order valence-corrected chi connectivity index (χ1v) is 5.49. The monoisotopic (exact) mass is 202 g/mol. The van der Waals surface area contributed by atoms with Crippen LogP contribution in [0.2, 0.25) is 0 Å². The standard InChI is InChI=1S/C10H19FN2O/c11-9-7-14-6-3-10(9)13-4-1-8(12)2-5-13/h8-10H,1-7,12H2/t9-,10+/m1/s1. The summed E-state index contributed by atoms with van der Waals surface area (Å²) in [4.78, 5) is 2.25. The number of piperidine rings is 1. The number of nitrogens with two attached hydrogens (primary N) is 1. The summed E-state index contributed by atoms with van der Waals surface area (Å²) in [7, 11) is 0. The molecule has 2 atom stereocenters. The summed E-state index contributed by atoms with van der Waals surface area (Å²) in [6.45, 7) is 2.87. The van der Waals surface area contributed by atoms with E-state index >= 15 is 0 Å². The van der Waals surface area contributed by atoms with Crippen molar-refractivity contribution in [3.8, 4) is 0 Å². The minimum absolute atomic E-state index is 0.0799. The first-order chi connectivity index (χ1) is 6.77. The highest BCUT2D eigenvalue weighted by Crippen LogP contribution is 2.21. The van der Waals surface area contributed by atoms with Gasteiger partial charge in [-0.05, 0) is 19.3 Å². The van der Waals surface area contributed by atoms with Crippen molar-refractivity contribution >= 4 is 0 Å². The molecule has 14 heavy (non-hydrogen) atoms. The average Bonchev–Trinajstić information content (AvgIpc) is 2.20. The number of likely N-dealkylation sites (tertiary alicyclic amines) is 1. The van der Waals surface area contributed by atoms with Gasteiger partial charge in [-0.1, -0.05) is 0 Å². The Balaban J connectivity index is 1.87. The van der Waals surface area contributed by atoms with Gasteiger partial charge in [0.2, 0.25) is 0 Å². The van der Waals surface area contributed by atoms with E-state index in [0.717, 1.165) is 32.4 Å². The highest BCUT2D eigenvalue weighted by atomic mass is 19.1. The Morgan fingerprint density at radius 2 is 1.93 bits per heavy atom. The SMILES string of the molecule is NC1CCN([C@H]2CCOC[C@H]2F)CC1. The van der Waals surface area contributed by atoms with Crippen molar-refractivity contribution in [2.24, 2.45) is 5.73 Å². The Kier molecular flexibility index (Phi) is 3.36. The van der Waals surface area contributed by atoms with Crippen molar-refractivity contribution in [1.82, 2.24) is 4.90 Å². The van der Waals surface area contributed by atoms with E-state index in [1.165, 1.54) is 0 Å². The molecule has 2 fully saturated rings. The largest absolute Gasteiger partial charge is 0.378 e. The first kappa shape index (κ1) is 10.3. The summed E-state index contributed by atoms with van der Waals surface area (Å²) in [6, 6.07) is 0.403. The van der Waals surface area contributed by atoms with Gasteiger partial charge in [0.15, 0.2) is 0 Å². The molecular formula is C10H19FN2O. The Morgan fingerprint density at radius 3 is 2.57 bits per heavy atom. The molecule has 2 aliphatic heterocycles. The van der Waals surface area contributed by atoms with Gasteiger partial charge in [0.1, 0.15) is 6.17 Å². The van der Waals surface area contributed by atoms with Gasteiger partial charge in [0.25, 0.3) is 0 Å². The van der Waals surface area contributed by atoms with E-state index < -0.39 is 6.17 Å². The van der Waals surface area contributed by atoms with Crippen LogP contribution in [0.5, 0.6) is 0 Å². The number of alkyl halides is 1. The zero-order chi connectivity index (χ0) is 9.97. The molecule has 3 nitrogen and oxygen atoms in total. The van der Waals surface area contributed by atoms with Gasteiger partial charge in [-0.25, -0.2) is 4.39 Å². The first-order valence-electron chi connectivity index (χ1n) is 5.49. The van der Waals surface area contributed by atoms with Crippen LogP contribution in [0.1, 0.15) is 19.3 Å². The van der Waals surface area contributed by atoms with Crippen molar-refractivity contribution in [2.45, 2.75) is 37.5 Å². The maximum atomic E-state index is 13.5. The highest BCUT2D eigenvalue weighted by molar-refractivity contribution is 4.86. The molecule has 2 heterocycles. The average molecular weight is 202 g/mol. The number of hydrogen-bond donors (Lipinski definition) is 1. The summed E-state index contributed by atoms with van der Waals surface area (Å²) in [5.41, 5.74) is 5.82. The van der Waals surface area contributed by atoms with Gasteiger partial charge in [-0.3, -0.25) is 4.90 Å². The lowest BCUT2D eigenvalue weighted by molar-refractivity contribution is -0.0336. The van der Waals surface area contributed by atoms with E-state index in [1.807, 2.05) is 0 Å². The molecule has 0 aliphatic carbocycles. The quantitative estimate of drug-likeness (QED) is 0.674. The second kappa shape index (κ2) is 4.55. The van der Waals surface area contributed by atoms with Crippen LogP contribution in [0.4, 0.5) is 4.39 Å². The number of ether oxygens (including phenoxy) is 1. The molecule has 0 aromatic carbocycles. The van der Waals surface area contributed by atoms with E-state index in [4.69, 9.17) is 10.5 Å². The minimum atomic E-state index is -0.807. The Hall–Kier alpha value is -0.190. The van der Waals surface area contributed by atoms with Crippen LogP contribution in [-0.4, -0.2) is 49.5 Å². The van der Waals surface area contributed by atoms with Gasteiger partial charge in [0, 0.05) is 31.8 Å². The summed E-state index contributed by atoms with van der Waals surface area (Å²) < 4.78 is 18.6. The lowest BCUT2D eigenvalue weighted by Gasteiger charge is -2.39. The molecule has 0 spiro atoms. The van der Waals surface area contributed by atoms with Crippen LogP contribution >= 0.6 is 0 Å². The maximum absolute atomic E-state index is 13.5. The van der Waals surface area contributed by atoms with Gasteiger partial charge in [0.05, 0.1) is 6.61 Å². The number of nitrogens with zero attached hydrogens (tertiary/aromatic N) is 1. The van der Waals surface area contributed by atoms with Crippen LogP contribution < -0.4 is 5.73 Å². The van der Waals surface area contributed by atoms with Gasteiger partial charge in [-0.15, -0.1) is 0 Å². The molecule has 0 radical (unpaired) electrons. The predicted molar refractivity (Wildman–Crippen MR) is 52.9 cm³/mol. The molecule has 0 bridgehead atoms. The molecule has 82 valence electrons. The zero-order valence-corrected chi connectivity index (χ0v) is 8.49. The molecule has 2 N–H and O–H groups in total. The van der Waals surface area contributed by atoms with Gasteiger partial charge in [-0.2, -0.15) is 0 Å². The lowest BCUT2D eigenvalue weighted by Crippen LogP contribution is -2.51. The van der Waals surface area contributed by atoms with Crippen LogP contribution in [-0.2, 0) is 4.74 Å². The fourth-order valence-corrected chi connectivity index (χ4v) is 2.35. The van der Waals surface area contributed by atoms with E-state index in [9.17, 15) is 4.39 Å². The Bertz CT molecular complexity index is 183. The lowest BCUT2D eigenvalue weighted by atomic mass is 9.99. The Labute approximate surface area is 84.4 Å². The van der Waals surface area contributed by atoms with E-state index in [2.05, 4.69) is 4.90 Å². The second-order valence-corrected chi connectivity index (χ2v) is 4.32. The smallest absolute Gasteiger partial charge is 0.139 e. The van der Waals surface area contributed by atoms with E-state index in [1.54, 1.807) is 0 Å². The second-order valence-electron chi connectivity index (χ2n) is 4.32. The summed E-state index contributed by atoms with van der Waals surface area (Å²) >= 11 is 0. The van der Waals surface area contributed by atoms with E-state index in [0.29, 0.717) is 12.6 Å². The van der Waals surface area contributed by atoms with Crippen LogP contribution in [0.15, 0.2) is 0 Å². The third-order valence-corrected chi connectivity index (χ3v) is 3.30. The fraction of sp³-hybridized carbons (Fsp3) is 1.00. The van der Waals surface area contributed by atoms with Crippen LogP contribution in [0.3, 0.4) is 0 Å². The van der Waals surface area contributed by atoms with E-state index in [-0.39, 0.29) is 12.6 Å². The molecule has 0 amide bonds. The molecule has 4 heteroatoms. The van der Waals surface area contributed by atoms with Crippen molar-refractivity contribution < 1.29 is 9.13 Å². The summed E-state index contributed by atoms with van der Waals surface area (Å²) in [5.74, 6) is 0.